The third kappa shape index (κ3) is 4.57. The van der Waals surface area contributed by atoms with Crippen LogP contribution in [-0.4, -0.2) is 27.7 Å². The predicted octanol–water partition coefficient (Wildman–Crippen LogP) is 4.83. The number of aromatic nitrogens is 2. The van der Waals surface area contributed by atoms with Crippen LogP contribution in [0.25, 0.3) is 5.69 Å². The molecule has 0 atom stereocenters. The molecule has 0 saturated carbocycles. The first-order chi connectivity index (χ1) is 15.5. The second-order valence-electron chi connectivity index (χ2n) is 6.65. The highest BCUT2D eigenvalue weighted by Gasteiger charge is 2.13. The van der Waals surface area contributed by atoms with Crippen molar-refractivity contribution in [3.63, 3.8) is 0 Å². The van der Waals surface area contributed by atoms with Gasteiger partial charge in [-0.15, -0.1) is 0 Å². The molecule has 32 heavy (non-hydrogen) atoms. The zero-order valence-corrected chi connectivity index (χ0v) is 17.0. The molecule has 9 heteroatoms. The van der Waals surface area contributed by atoms with E-state index in [0.29, 0.717) is 28.6 Å². The summed E-state index contributed by atoms with van der Waals surface area (Å²) < 4.78 is 12.5. The summed E-state index contributed by atoms with van der Waals surface area (Å²) >= 11 is 0. The van der Waals surface area contributed by atoms with Gasteiger partial charge in [0.15, 0.2) is 17.2 Å². The van der Waals surface area contributed by atoms with Crippen LogP contribution in [0.3, 0.4) is 0 Å². The summed E-state index contributed by atoms with van der Waals surface area (Å²) in [6.45, 7) is 0. The van der Waals surface area contributed by atoms with Crippen molar-refractivity contribution in [2.24, 2.45) is 0 Å². The van der Waals surface area contributed by atoms with Crippen molar-refractivity contribution in [1.82, 2.24) is 9.78 Å². The van der Waals surface area contributed by atoms with Crippen molar-refractivity contribution < 1.29 is 19.2 Å². The average molecular weight is 430 g/mol. The summed E-state index contributed by atoms with van der Waals surface area (Å²) in [6.07, 6.45) is 1.57. The van der Waals surface area contributed by atoms with Crippen LogP contribution in [0.5, 0.6) is 17.2 Å². The van der Waals surface area contributed by atoms with E-state index in [2.05, 4.69) is 10.4 Å². The molecule has 0 aliphatic rings. The molecule has 160 valence electrons. The minimum absolute atomic E-state index is 0.0561. The lowest BCUT2D eigenvalue weighted by Gasteiger charge is -2.10. The van der Waals surface area contributed by atoms with Crippen molar-refractivity contribution in [2.75, 3.05) is 12.4 Å². The molecule has 0 spiro atoms. The molecular weight excluding hydrogens is 412 g/mol. The summed E-state index contributed by atoms with van der Waals surface area (Å²) in [5, 5.41) is 17.9. The van der Waals surface area contributed by atoms with Crippen LogP contribution >= 0.6 is 0 Å². The molecule has 0 radical (unpaired) electrons. The Hall–Kier alpha value is -4.66. The van der Waals surface area contributed by atoms with Gasteiger partial charge in [0.2, 0.25) is 0 Å². The molecule has 0 bridgehead atoms. The van der Waals surface area contributed by atoms with E-state index in [9.17, 15) is 14.9 Å². The van der Waals surface area contributed by atoms with Gasteiger partial charge in [0.1, 0.15) is 5.75 Å². The minimum Gasteiger partial charge on any atom is -0.493 e. The zero-order chi connectivity index (χ0) is 22.5. The Labute approximate surface area is 183 Å². The number of nitro benzene ring substituents is 1. The van der Waals surface area contributed by atoms with Crippen LogP contribution in [0.2, 0.25) is 0 Å². The van der Waals surface area contributed by atoms with Gasteiger partial charge in [-0.3, -0.25) is 14.9 Å². The van der Waals surface area contributed by atoms with E-state index in [0.717, 1.165) is 0 Å². The van der Waals surface area contributed by atoms with E-state index >= 15 is 0 Å². The molecule has 0 fully saturated rings. The van der Waals surface area contributed by atoms with Crippen molar-refractivity contribution in [3.8, 4) is 22.9 Å². The number of amides is 1. The van der Waals surface area contributed by atoms with Gasteiger partial charge in [-0.2, -0.15) is 5.10 Å². The molecule has 1 amide bonds. The highest BCUT2D eigenvalue weighted by Crippen LogP contribution is 2.31. The lowest BCUT2D eigenvalue weighted by Crippen LogP contribution is -2.13. The first kappa shape index (κ1) is 20.6. The first-order valence-electron chi connectivity index (χ1n) is 9.56. The zero-order valence-electron chi connectivity index (χ0n) is 17.0. The number of methoxy groups -OCH3 is 1. The largest absolute Gasteiger partial charge is 0.493 e. The van der Waals surface area contributed by atoms with Crippen LogP contribution in [0.1, 0.15) is 10.5 Å². The monoisotopic (exact) mass is 430 g/mol. The van der Waals surface area contributed by atoms with Gasteiger partial charge in [0, 0.05) is 24.0 Å². The second kappa shape index (κ2) is 9.00. The van der Waals surface area contributed by atoms with E-state index in [4.69, 9.17) is 9.47 Å². The maximum Gasteiger partial charge on any atom is 0.276 e. The number of rotatable bonds is 7. The number of hydrogen-bond acceptors (Lipinski definition) is 6. The van der Waals surface area contributed by atoms with Crippen molar-refractivity contribution in [3.05, 3.63) is 101 Å². The van der Waals surface area contributed by atoms with Crippen LogP contribution in [0.15, 0.2) is 85.1 Å². The standard InChI is InChI=1S/C23H18N4O5/c1-31-21-7-2-3-8-22(21)32-19-11-9-16(10-12-19)24-23(28)20-13-14-26(25-20)17-5-4-6-18(15-17)27(29)30/h2-15H,1H3,(H,24,28). The minimum atomic E-state index is -0.484. The van der Waals surface area contributed by atoms with Crippen molar-refractivity contribution in [1.29, 1.82) is 0 Å². The van der Waals surface area contributed by atoms with E-state index < -0.39 is 10.8 Å². The lowest BCUT2D eigenvalue weighted by atomic mass is 10.2. The highest BCUT2D eigenvalue weighted by molar-refractivity contribution is 6.02. The van der Waals surface area contributed by atoms with Crippen molar-refractivity contribution in [2.45, 2.75) is 0 Å². The molecule has 0 aliphatic heterocycles. The number of carbonyl (C=O) groups excluding carboxylic acids is 1. The van der Waals surface area contributed by atoms with Gasteiger partial charge in [-0.1, -0.05) is 18.2 Å². The fourth-order valence-corrected chi connectivity index (χ4v) is 2.97. The fraction of sp³-hybridized carbons (Fsp3) is 0.0435. The topological polar surface area (TPSA) is 109 Å². The number of anilines is 1. The fourth-order valence-electron chi connectivity index (χ4n) is 2.97. The van der Waals surface area contributed by atoms with E-state index in [-0.39, 0.29) is 11.4 Å². The summed E-state index contributed by atoms with van der Waals surface area (Å²) in [5.41, 5.74) is 1.16. The molecule has 9 nitrogen and oxygen atoms in total. The second-order valence-corrected chi connectivity index (χ2v) is 6.65. The smallest absolute Gasteiger partial charge is 0.276 e. The maximum absolute atomic E-state index is 12.6. The van der Waals surface area contributed by atoms with Crippen molar-refractivity contribution >= 4 is 17.3 Å². The third-order valence-electron chi connectivity index (χ3n) is 4.54. The van der Waals surface area contributed by atoms with E-state index in [1.54, 1.807) is 61.8 Å². The van der Waals surface area contributed by atoms with Gasteiger partial charge in [-0.05, 0) is 48.5 Å². The van der Waals surface area contributed by atoms with Crippen LogP contribution in [-0.2, 0) is 0 Å². The quantitative estimate of drug-likeness (QED) is 0.332. The summed E-state index contributed by atoms with van der Waals surface area (Å²) in [7, 11) is 1.57. The SMILES string of the molecule is COc1ccccc1Oc1ccc(NC(=O)c2ccn(-c3cccc([N+](=O)[O-])c3)n2)cc1. The Kier molecular flexibility index (Phi) is 5.80. The third-order valence-corrected chi connectivity index (χ3v) is 4.54. The molecule has 0 aliphatic carbocycles. The van der Waals surface area contributed by atoms with Gasteiger partial charge >= 0.3 is 0 Å². The molecule has 3 aromatic carbocycles. The predicted molar refractivity (Wildman–Crippen MR) is 118 cm³/mol. The number of nitrogens with one attached hydrogen (secondary N) is 1. The highest BCUT2D eigenvalue weighted by atomic mass is 16.6. The number of hydrogen-bond donors (Lipinski definition) is 1. The number of benzene rings is 3. The first-order valence-corrected chi connectivity index (χ1v) is 9.56. The van der Waals surface area contributed by atoms with Gasteiger partial charge in [0.25, 0.3) is 11.6 Å². The van der Waals surface area contributed by atoms with Gasteiger partial charge < -0.3 is 14.8 Å². The molecule has 1 aromatic heterocycles. The summed E-state index contributed by atoms with van der Waals surface area (Å²) in [6, 6.07) is 21.7. The number of nitrogens with zero attached hydrogens (tertiary/aromatic N) is 3. The maximum atomic E-state index is 12.6. The normalized spacial score (nSPS) is 10.4. The van der Waals surface area contributed by atoms with E-state index in [1.165, 1.54) is 22.9 Å². The number of para-hydroxylation sites is 2. The molecule has 4 rings (SSSR count). The van der Waals surface area contributed by atoms with Gasteiger partial charge in [-0.25, -0.2) is 4.68 Å². The van der Waals surface area contributed by atoms with Crippen LogP contribution in [0, 0.1) is 10.1 Å². The number of nitro groups is 1. The summed E-state index contributed by atoms with van der Waals surface area (Å²) in [5.74, 6) is 1.37. The molecule has 0 unspecified atom stereocenters. The van der Waals surface area contributed by atoms with E-state index in [1.807, 2.05) is 12.1 Å². The van der Waals surface area contributed by atoms with Gasteiger partial charge in [0.05, 0.1) is 17.7 Å². The van der Waals surface area contributed by atoms with Crippen LogP contribution < -0.4 is 14.8 Å². The number of ether oxygens (including phenoxy) is 2. The Morgan fingerprint density at radius 3 is 2.47 bits per heavy atom. The average Bonchev–Trinajstić information content (AvgIpc) is 3.31. The molecule has 1 heterocycles. The molecular formula is C23H18N4O5. The summed E-state index contributed by atoms with van der Waals surface area (Å²) in [4.78, 5) is 23.0. The molecule has 4 aromatic rings. The Morgan fingerprint density at radius 2 is 1.75 bits per heavy atom. The Bertz CT molecular complexity index is 1270. The molecule has 0 saturated heterocycles. The Balaban J connectivity index is 1.43. The molecule has 1 N–H and O–H groups in total. The number of non-ortho nitro benzene ring substituents is 1. The van der Waals surface area contributed by atoms with Crippen LogP contribution in [0.4, 0.5) is 11.4 Å². The Morgan fingerprint density at radius 1 is 1.00 bits per heavy atom. The lowest BCUT2D eigenvalue weighted by molar-refractivity contribution is -0.384. The number of carbonyl (C=O) groups is 1.